The summed E-state index contributed by atoms with van der Waals surface area (Å²) in [7, 11) is 1.60. The minimum Gasteiger partial charge on any atom is -0.493 e. The Labute approximate surface area is 182 Å². The maximum atomic E-state index is 13.0. The van der Waals surface area contributed by atoms with E-state index >= 15 is 0 Å². The summed E-state index contributed by atoms with van der Waals surface area (Å²) in [4.78, 5) is 24.5. The predicted octanol–water partition coefficient (Wildman–Crippen LogP) is 4.30. The molecule has 1 aromatic rings. The molecule has 1 unspecified atom stereocenters. The topological polar surface area (TPSA) is 64.6 Å². The van der Waals surface area contributed by atoms with Crippen LogP contribution in [-0.4, -0.2) is 47.5 Å². The normalized spacial score (nSPS) is 22.4. The van der Waals surface area contributed by atoms with Crippen LogP contribution in [0.1, 0.15) is 44.9 Å². The monoisotopic (exact) mass is 437 g/mol. The largest absolute Gasteiger partial charge is 0.493 e. The Bertz CT molecular complexity index is 685. The zero-order chi connectivity index (χ0) is 20.5. The van der Waals surface area contributed by atoms with Crippen molar-refractivity contribution in [3.8, 4) is 11.5 Å². The van der Waals surface area contributed by atoms with Gasteiger partial charge in [0.2, 0.25) is 0 Å². The third-order valence-electron chi connectivity index (χ3n) is 5.66. The van der Waals surface area contributed by atoms with Gasteiger partial charge in [0.15, 0.2) is 27.3 Å². The van der Waals surface area contributed by atoms with Crippen LogP contribution in [0.2, 0.25) is 0 Å². The van der Waals surface area contributed by atoms with E-state index in [1.165, 1.54) is 43.9 Å². The van der Waals surface area contributed by atoms with E-state index in [-0.39, 0.29) is 23.3 Å². The Morgan fingerprint density at radius 2 is 1.97 bits per heavy atom. The predicted molar refractivity (Wildman–Crippen MR) is 120 cm³/mol. The van der Waals surface area contributed by atoms with E-state index in [4.69, 9.17) is 9.47 Å². The maximum absolute atomic E-state index is 13.0. The minimum absolute atomic E-state index is 0.0194. The van der Waals surface area contributed by atoms with E-state index in [0.29, 0.717) is 23.8 Å². The van der Waals surface area contributed by atoms with Crippen molar-refractivity contribution in [2.45, 2.75) is 49.8 Å². The first-order chi connectivity index (χ1) is 14.1. The van der Waals surface area contributed by atoms with E-state index in [1.807, 2.05) is 24.3 Å². The van der Waals surface area contributed by atoms with Gasteiger partial charge in [0, 0.05) is 18.7 Å². The summed E-state index contributed by atoms with van der Waals surface area (Å²) in [5.41, 5.74) is 0. The van der Waals surface area contributed by atoms with Gasteiger partial charge in [0.1, 0.15) is 6.61 Å². The summed E-state index contributed by atoms with van der Waals surface area (Å²) >= 11 is 2.73. The van der Waals surface area contributed by atoms with Crippen molar-refractivity contribution in [3.05, 3.63) is 24.3 Å². The number of rotatable bonds is 10. The van der Waals surface area contributed by atoms with Crippen molar-refractivity contribution in [3.63, 3.8) is 0 Å². The van der Waals surface area contributed by atoms with Crippen molar-refractivity contribution in [2.24, 2.45) is 5.92 Å². The highest BCUT2D eigenvalue weighted by Gasteiger charge is 2.42. The molecule has 160 valence electrons. The van der Waals surface area contributed by atoms with Gasteiger partial charge in [-0.3, -0.25) is 14.9 Å². The summed E-state index contributed by atoms with van der Waals surface area (Å²) in [6, 6.07) is 7.42. The number of hydrogen-bond donors (Lipinski definition) is 1. The number of para-hydroxylation sites is 2. The average Bonchev–Trinajstić information content (AvgIpc) is 3.25. The van der Waals surface area contributed by atoms with Crippen LogP contribution in [-0.2, 0) is 9.59 Å². The van der Waals surface area contributed by atoms with E-state index in [9.17, 15) is 9.59 Å². The lowest BCUT2D eigenvalue weighted by atomic mass is 9.86. The smallest absolute Gasteiger partial charge is 0.189 e. The van der Waals surface area contributed by atoms with Gasteiger partial charge in [0.05, 0.1) is 12.9 Å². The van der Waals surface area contributed by atoms with E-state index in [2.05, 4.69) is 5.32 Å². The van der Waals surface area contributed by atoms with Crippen LogP contribution in [0.4, 0.5) is 0 Å². The molecule has 0 radical (unpaired) electrons. The van der Waals surface area contributed by atoms with Gasteiger partial charge < -0.3 is 9.47 Å². The molecule has 2 fully saturated rings. The standard InChI is InChI=1S/C22H31NO4S2/c1-26-18-9-5-6-10-19(18)27-16-22(23-13-14-29-22)20(24)15-28-21(25)12-11-17-7-3-2-4-8-17/h5-6,9-10,17,23H,2-4,7-8,11-16H2,1H3. The molecule has 0 spiro atoms. The Morgan fingerprint density at radius 1 is 1.21 bits per heavy atom. The summed E-state index contributed by atoms with van der Waals surface area (Å²) in [6.07, 6.45) is 7.96. The molecule has 0 bridgehead atoms. The molecule has 2 aliphatic rings. The molecule has 3 rings (SSSR count). The number of nitrogens with one attached hydrogen (secondary N) is 1. The van der Waals surface area contributed by atoms with Gasteiger partial charge in [-0.1, -0.05) is 56.0 Å². The maximum Gasteiger partial charge on any atom is 0.189 e. The molecule has 1 aliphatic carbocycles. The van der Waals surface area contributed by atoms with Gasteiger partial charge in [0.25, 0.3) is 0 Å². The van der Waals surface area contributed by atoms with Crippen LogP contribution >= 0.6 is 23.5 Å². The third kappa shape index (κ3) is 6.40. The van der Waals surface area contributed by atoms with Crippen molar-refractivity contribution in [1.29, 1.82) is 0 Å². The number of methoxy groups -OCH3 is 1. The molecule has 5 nitrogen and oxygen atoms in total. The molecule has 1 heterocycles. The van der Waals surface area contributed by atoms with Crippen LogP contribution in [0, 0.1) is 5.92 Å². The molecule has 7 heteroatoms. The number of hydrogen-bond acceptors (Lipinski definition) is 7. The quantitative estimate of drug-likeness (QED) is 0.585. The van der Waals surface area contributed by atoms with Gasteiger partial charge in [-0.05, 0) is 24.5 Å². The molecule has 1 saturated heterocycles. The summed E-state index contributed by atoms with van der Waals surface area (Å²) in [6.45, 7) is 0.972. The van der Waals surface area contributed by atoms with Crippen molar-refractivity contribution in [1.82, 2.24) is 5.32 Å². The second-order valence-electron chi connectivity index (χ2n) is 7.67. The number of ketones is 1. The molecule has 1 atom stereocenters. The lowest BCUT2D eigenvalue weighted by Crippen LogP contribution is -2.51. The molecule has 0 aromatic heterocycles. The van der Waals surface area contributed by atoms with Crippen LogP contribution in [0.15, 0.2) is 24.3 Å². The zero-order valence-corrected chi connectivity index (χ0v) is 18.7. The zero-order valence-electron chi connectivity index (χ0n) is 17.1. The van der Waals surface area contributed by atoms with E-state index in [0.717, 1.165) is 18.7 Å². The highest BCUT2D eigenvalue weighted by Crippen LogP contribution is 2.33. The number of ether oxygens (including phenoxy) is 2. The summed E-state index contributed by atoms with van der Waals surface area (Å²) in [5, 5.41) is 3.44. The second kappa shape index (κ2) is 11.3. The lowest BCUT2D eigenvalue weighted by molar-refractivity contribution is -0.120. The summed E-state index contributed by atoms with van der Waals surface area (Å²) in [5.74, 6) is 3.01. The Kier molecular flexibility index (Phi) is 8.75. The highest BCUT2D eigenvalue weighted by atomic mass is 32.2. The fourth-order valence-corrected chi connectivity index (χ4v) is 5.96. The first kappa shape index (κ1) is 22.5. The van der Waals surface area contributed by atoms with Crippen LogP contribution < -0.4 is 14.8 Å². The number of benzene rings is 1. The molecule has 29 heavy (non-hydrogen) atoms. The number of carbonyl (C=O) groups excluding carboxylic acids is 2. The Balaban J connectivity index is 1.48. The first-order valence-corrected chi connectivity index (χ1v) is 12.4. The fourth-order valence-electron chi connectivity index (χ4n) is 3.93. The average molecular weight is 438 g/mol. The van der Waals surface area contributed by atoms with Crippen LogP contribution in [0.5, 0.6) is 11.5 Å². The molecule has 1 saturated carbocycles. The van der Waals surface area contributed by atoms with E-state index < -0.39 is 4.87 Å². The highest BCUT2D eigenvalue weighted by molar-refractivity contribution is 8.14. The molecular formula is C22H31NO4S2. The fraction of sp³-hybridized carbons (Fsp3) is 0.636. The first-order valence-electron chi connectivity index (χ1n) is 10.5. The molecule has 1 N–H and O–H groups in total. The van der Waals surface area contributed by atoms with Crippen LogP contribution in [0.3, 0.4) is 0 Å². The molecule has 1 aromatic carbocycles. The molecule has 1 aliphatic heterocycles. The van der Waals surface area contributed by atoms with Crippen molar-refractivity contribution < 1.29 is 19.1 Å². The lowest BCUT2D eigenvalue weighted by Gasteiger charge is -2.27. The second-order valence-corrected chi connectivity index (χ2v) is 10.1. The summed E-state index contributed by atoms with van der Waals surface area (Å²) < 4.78 is 11.3. The third-order valence-corrected chi connectivity index (χ3v) is 7.98. The number of Topliss-reactive ketones (excluding diaryl/α,β-unsaturated/α-hetero) is 1. The number of carbonyl (C=O) groups is 2. The van der Waals surface area contributed by atoms with Gasteiger partial charge in [-0.2, -0.15) is 0 Å². The van der Waals surface area contributed by atoms with Crippen molar-refractivity contribution >= 4 is 34.4 Å². The van der Waals surface area contributed by atoms with Crippen molar-refractivity contribution in [2.75, 3.05) is 31.8 Å². The van der Waals surface area contributed by atoms with Crippen LogP contribution in [0.25, 0.3) is 0 Å². The van der Waals surface area contributed by atoms with E-state index in [1.54, 1.807) is 18.9 Å². The minimum atomic E-state index is -0.794. The number of thioether (sulfide) groups is 2. The van der Waals surface area contributed by atoms with Gasteiger partial charge in [-0.15, -0.1) is 11.8 Å². The molecular weight excluding hydrogens is 406 g/mol. The Hall–Kier alpha value is -1.18. The van der Waals surface area contributed by atoms with Gasteiger partial charge in [-0.25, -0.2) is 0 Å². The SMILES string of the molecule is COc1ccccc1OCC1(C(=O)CSC(=O)CCC2CCCCC2)NCCS1. The van der Waals surface area contributed by atoms with Gasteiger partial charge >= 0.3 is 0 Å². The Morgan fingerprint density at radius 3 is 2.66 bits per heavy atom. The molecule has 0 amide bonds.